The summed E-state index contributed by atoms with van der Waals surface area (Å²) in [6, 6.07) is 0. The molecule has 24 heavy (non-hydrogen) atoms. The number of rotatable bonds is 17. The average molecular weight is 451 g/mol. The zero-order chi connectivity index (χ0) is 18.3. The van der Waals surface area contributed by atoms with Crippen molar-refractivity contribution in [1.29, 1.82) is 0 Å². The van der Waals surface area contributed by atoms with Crippen molar-refractivity contribution in [3.8, 4) is 0 Å². The van der Waals surface area contributed by atoms with E-state index < -0.39 is 18.4 Å². The number of nitrogens with zero attached hydrogens (tertiary/aromatic N) is 1. The first kappa shape index (κ1) is 24.7. The molecule has 0 aromatic heterocycles. The van der Waals surface area contributed by atoms with Gasteiger partial charge in [0, 0.05) is 0 Å². The quantitative estimate of drug-likeness (QED) is 0.250. The van der Waals surface area contributed by atoms with Crippen LogP contribution in [0.2, 0.25) is 17.7 Å². The van der Waals surface area contributed by atoms with Crippen molar-refractivity contribution in [2.45, 2.75) is 83.5 Å². The Bertz CT molecular complexity index is 259. The van der Waals surface area contributed by atoms with Gasteiger partial charge >= 0.3 is 156 Å². The molecule has 0 spiro atoms. The van der Waals surface area contributed by atoms with Gasteiger partial charge in [-0.1, -0.05) is 0 Å². The van der Waals surface area contributed by atoms with Crippen LogP contribution in [0.25, 0.3) is 0 Å². The van der Waals surface area contributed by atoms with Crippen LogP contribution in [0.5, 0.6) is 0 Å². The van der Waals surface area contributed by atoms with Gasteiger partial charge < -0.3 is 0 Å². The van der Waals surface area contributed by atoms with E-state index in [1.165, 1.54) is 49.4 Å². The first-order valence-electron chi connectivity index (χ1n) is 10.6. The summed E-state index contributed by atoms with van der Waals surface area (Å²) in [4.78, 5) is 0. The van der Waals surface area contributed by atoms with Crippen LogP contribution in [0.15, 0.2) is 0 Å². The summed E-state index contributed by atoms with van der Waals surface area (Å²) >= 11 is -2.00. The molecule has 0 aliphatic carbocycles. The van der Waals surface area contributed by atoms with E-state index in [2.05, 4.69) is 27.8 Å². The molecule has 146 valence electrons. The standard InChI is InChI=1S/C8H19NO2.3C4H9.Sn/c1-3-4-9(2,5-7-10)6-8-11;3*1-3-4-2;/h10-11H,1,3-8H2,2H3;3*1,3-4H2,2H3;/q+1;;;;. The first-order valence-corrected chi connectivity index (χ1v) is 18.6. The van der Waals surface area contributed by atoms with Crippen LogP contribution in [-0.4, -0.2) is 73.0 Å². The second-order valence-electron chi connectivity index (χ2n) is 8.15. The van der Waals surface area contributed by atoms with E-state index in [1.54, 1.807) is 13.3 Å². The van der Waals surface area contributed by atoms with Gasteiger partial charge in [0.15, 0.2) is 0 Å². The van der Waals surface area contributed by atoms with Crippen LogP contribution >= 0.6 is 0 Å². The van der Waals surface area contributed by atoms with Crippen molar-refractivity contribution in [3.05, 3.63) is 0 Å². The van der Waals surface area contributed by atoms with Gasteiger partial charge in [0.25, 0.3) is 0 Å². The van der Waals surface area contributed by atoms with Crippen molar-refractivity contribution in [1.82, 2.24) is 0 Å². The van der Waals surface area contributed by atoms with E-state index in [0.717, 1.165) is 24.1 Å². The van der Waals surface area contributed by atoms with Crippen LogP contribution in [0.4, 0.5) is 0 Å². The second kappa shape index (κ2) is 14.8. The third-order valence-corrected chi connectivity index (χ3v) is 22.0. The fraction of sp³-hybridized carbons (Fsp3) is 1.00. The minimum absolute atomic E-state index is 0.229. The molecular weight excluding hydrogens is 405 g/mol. The Kier molecular flexibility index (Phi) is 15.2. The number of aliphatic hydroxyl groups excluding tert-OH is 2. The van der Waals surface area contributed by atoms with E-state index in [9.17, 15) is 10.2 Å². The number of hydrogen-bond donors (Lipinski definition) is 2. The number of aliphatic hydroxyl groups is 2. The van der Waals surface area contributed by atoms with E-state index in [0.29, 0.717) is 0 Å². The van der Waals surface area contributed by atoms with Crippen molar-refractivity contribution in [2.24, 2.45) is 0 Å². The zero-order valence-corrected chi connectivity index (χ0v) is 20.0. The summed E-state index contributed by atoms with van der Waals surface area (Å²) in [5, 5.41) is 18.7. The maximum absolute atomic E-state index is 9.35. The Labute approximate surface area is 156 Å². The van der Waals surface area contributed by atoms with E-state index in [1.807, 2.05) is 0 Å². The van der Waals surface area contributed by atoms with E-state index in [4.69, 9.17) is 0 Å². The van der Waals surface area contributed by atoms with Crippen LogP contribution in [-0.2, 0) is 0 Å². The molecule has 2 N–H and O–H groups in total. The number of quaternary nitrogens is 1. The molecule has 0 unspecified atom stereocenters. The normalized spacial score (nSPS) is 12.8. The molecule has 0 aromatic rings. The third kappa shape index (κ3) is 10.6. The van der Waals surface area contributed by atoms with Crippen LogP contribution in [0.1, 0.15) is 65.7 Å². The molecule has 0 aliphatic rings. The third-order valence-electron chi connectivity index (χ3n) is 5.87. The van der Waals surface area contributed by atoms with E-state index >= 15 is 0 Å². The first-order chi connectivity index (χ1) is 11.5. The summed E-state index contributed by atoms with van der Waals surface area (Å²) in [7, 11) is 2.20. The predicted octanol–water partition coefficient (Wildman–Crippen LogP) is 4.66. The number of likely N-dealkylation sites (N-methyl/N-ethyl adjacent to an activating group) is 1. The molecular formula is C20H46NO2Sn+. The fourth-order valence-electron chi connectivity index (χ4n) is 4.06. The predicted molar refractivity (Wildman–Crippen MR) is 109 cm³/mol. The van der Waals surface area contributed by atoms with Gasteiger partial charge in [-0.15, -0.1) is 0 Å². The van der Waals surface area contributed by atoms with Gasteiger partial charge in [-0.3, -0.25) is 0 Å². The van der Waals surface area contributed by atoms with Crippen molar-refractivity contribution >= 4 is 18.4 Å². The SMILES string of the molecule is CCC[CH2][Sn]([CH2]CCC)([CH2]CCC)[CH2]CC[N+](C)(CCO)CCO. The summed E-state index contributed by atoms with van der Waals surface area (Å²) in [5.74, 6) is 0. The van der Waals surface area contributed by atoms with Gasteiger partial charge in [-0.2, -0.15) is 0 Å². The van der Waals surface area contributed by atoms with Crippen LogP contribution in [0, 0.1) is 0 Å². The summed E-state index contributed by atoms with van der Waals surface area (Å²) in [6.07, 6.45) is 9.69. The minimum atomic E-state index is -2.00. The summed E-state index contributed by atoms with van der Waals surface area (Å²) < 4.78 is 7.14. The number of hydrogen-bond acceptors (Lipinski definition) is 2. The molecule has 0 heterocycles. The molecule has 0 saturated heterocycles. The Morgan fingerprint density at radius 3 is 1.33 bits per heavy atom. The summed E-state index contributed by atoms with van der Waals surface area (Å²) in [6.45, 7) is 10.2. The Morgan fingerprint density at radius 1 is 0.625 bits per heavy atom. The monoisotopic (exact) mass is 452 g/mol. The average Bonchev–Trinajstić information content (AvgIpc) is 2.56. The van der Waals surface area contributed by atoms with Crippen molar-refractivity contribution < 1.29 is 14.7 Å². The van der Waals surface area contributed by atoms with Gasteiger partial charge in [0.05, 0.1) is 0 Å². The van der Waals surface area contributed by atoms with Gasteiger partial charge in [-0.25, -0.2) is 0 Å². The molecule has 3 nitrogen and oxygen atoms in total. The maximum atomic E-state index is 9.35. The van der Waals surface area contributed by atoms with Crippen molar-refractivity contribution in [2.75, 3.05) is 39.9 Å². The molecule has 0 amide bonds. The fourth-order valence-corrected chi connectivity index (χ4v) is 20.4. The number of unbranched alkanes of at least 4 members (excludes halogenated alkanes) is 3. The molecule has 0 rings (SSSR count). The Hall–Kier alpha value is 0.679. The second-order valence-corrected chi connectivity index (χ2v) is 22.4. The zero-order valence-electron chi connectivity index (χ0n) is 17.2. The van der Waals surface area contributed by atoms with Crippen LogP contribution in [0.3, 0.4) is 0 Å². The van der Waals surface area contributed by atoms with Gasteiger partial charge in [0.1, 0.15) is 0 Å². The van der Waals surface area contributed by atoms with Gasteiger partial charge in [-0.05, 0) is 0 Å². The molecule has 0 fully saturated rings. The van der Waals surface area contributed by atoms with E-state index in [-0.39, 0.29) is 13.2 Å². The molecule has 4 heteroatoms. The van der Waals surface area contributed by atoms with Crippen molar-refractivity contribution in [3.63, 3.8) is 0 Å². The van der Waals surface area contributed by atoms with Gasteiger partial charge in [0.2, 0.25) is 0 Å². The molecule has 0 atom stereocenters. The molecule has 0 radical (unpaired) electrons. The molecule has 0 aromatic carbocycles. The Morgan fingerprint density at radius 2 is 1.00 bits per heavy atom. The molecule has 0 saturated carbocycles. The topological polar surface area (TPSA) is 40.5 Å². The Balaban J connectivity index is 4.79. The van der Waals surface area contributed by atoms with Crippen LogP contribution < -0.4 is 0 Å². The molecule has 0 aliphatic heterocycles. The summed E-state index contributed by atoms with van der Waals surface area (Å²) in [5.41, 5.74) is 0. The molecule has 0 bridgehead atoms.